The van der Waals surface area contributed by atoms with E-state index < -0.39 is 0 Å². The Balaban J connectivity index is 2.13. The second kappa shape index (κ2) is 7.25. The monoisotopic (exact) mass is 403 g/mol. The van der Waals surface area contributed by atoms with Gasteiger partial charge >= 0.3 is 0 Å². The van der Waals surface area contributed by atoms with E-state index in [0.717, 1.165) is 12.8 Å². The molecule has 0 spiro atoms. The summed E-state index contributed by atoms with van der Waals surface area (Å²) in [5.74, 6) is 0. The van der Waals surface area contributed by atoms with Crippen molar-refractivity contribution >= 4 is 22.0 Å². The van der Waals surface area contributed by atoms with E-state index in [1.807, 2.05) is 0 Å². The van der Waals surface area contributed by atoms with E-state index in [9.17, 15) is 0 Å². The summed E-state index contributed by atoms with van der Waals surface area (Å²) in [4.78, 5) is 0. The molecule has 0 bridgehead atoms. The molecule has 3 heterocycles. The van der Waals surface area contributed by atoms with Crippen LogP contribution in [0.4, 0.5) is 0 Å². The van der Waals surface area contributed by atoms with Crippen molar-refractivity contribution in [3.63, 3.8) is 0 Å². The molecule has 160 valence electrons. The van der Waals surface area contributed by atoms with Crippen LogP contribution in [-0.2, 0) is 11.0 Å². The molecule has 4 rings (SSSR count). The number of rotatable bonds is 7. The number of aromatic nitrogens is 2. The number of hydrogen-bond donors (Lipinski definition) is 0. The fourth-order valence-corrected chi connectivity index (χ4v) is 6.01. The number of benzene rings is 1. The van der Waals surface area contributed by atoms with Crippen molar-refractivity contribution in [2.24, 2.45) is 0 Å². The average molecular weight is 404 g/mol. The van der Waals surface area contributed by atoms with Gasteiger partial charge in [-0.1, -0.05) is 78.7 Å². The molecule has 0 atom stereocenters. The average Bonchev–Trinajstić information content (AvgIpc) is 2.99. The maximum absolute atomic E-state index is 4.69. The lowest BCUT2D eigenvalue weighted by molar-refractivity contribution is -0.731. The first-order valence-electron chi connectivity index (χ1n) is 11.9. The van der Waals surface area contributed by atoms with Gasteiger partial charge in [0.15, 0.2) is 0 Å². The Labute approximate surface area is 182 Å². The molecule has 0 unspecified atom stereocenters. The van der Waals surface area contributed by atoms with Gasteiger partial charge in [0.2, 0.25) is 0 Å². The van der Waals surface area contributed by atoms with Gasteiger partial charge in [-0.2, -0.15) is 4.40 Å². The van der Waals surface area contributed by atoms with Crippen LogP contribution in [-0.4, -0.2) is 4.40 Å². The normalized spacial score (nSPS) is 15.6. The van der Waals surface area contributed by atoms with Crippen molar-refractivity contribution in [3.8, 4) is 0 Å². The summed E-state index contributed by atoms with van der Waals surface area (Å²) >= 11 is 0. The minimum Gasteiger partial charge on any atom is -0.217 e. The molecular formula is C28H39N2+. The van der Waals surface area contributed by atoms with Crippen molar-refractivity contribution in [1.29, 1.82) is 0 Å². The number of unbranched alkanes of at least 4 members (excludes halogenated alkanes) is 2. The SMILES string of the molecule is C=C1c2cccc3c(C(C)(C)CCCCC)cn4c(C)c(C)[n+](c4c23)C1(CC)CC. The van der Waals surface area contributed by atoms with E-state index in [1.165, 1.54) is 70.2 Å². The predicted molar refractivity (Wildman–Crippen MR) is 129 cm³/mol. The van der Waals surface area contributed by atoms with E-state index in [4.69, 9.17) is 6.58 Å². The molecule has 0 fully saturated rings. The minimum absolute atomic E-state index is 0.0387. The molecule has 30 heavy (non-hydrogen) atoms. The van der Waals surface area contributed by atoms with E-state index in [2.05, 4.69) is 81.8 Å². The summed E-state index contributed by atoms with van der Waals surface area (Å²) in [6.07, 6.45) is 9.67. The second-order valence-corrected chi connectivity index (χ2v) is 10.0. The number of pyridine rings is 1. The molecule has 0 aliphatic carbocycles. The zero-order valence-electron chi connectivity index (χ0n) is 20.2. The van der Waals surface area contributed by atoms with Crippen molar-refractivity contribution in [2.75, 3.05) is 0 Å². The molecule has 2 nitrogen and oxygen atoms in total. The van der Waals surface area contributed by atoms with Crippen molar-refractivity contribution < 1.29 is 4.57 Å². The fourth-order valence-electron chi connectivity index (χ4n) is 6.01. The largest absolute Gasteiger partial charge is 0.296 e. The molecule has 2 heteroatoms. The number of imidazole rings is 1. The minimum atomic E-state index is -0.0387. The quantitative estimate of drug-likeness (QED) is 0.287. The molecule has 0 saturated heterocycles. The molecule has 0 saturated carbocycles. The highest BCUT2D eigenvalue weighted by Crippen LogP contribution is 2.46. The third kappa shape index (κ3) is 2.65. The van der Waals surface area contributed by atoms with Crippen molar-refractivity contribution in [3.05, 3.63) is 53.5 Å². The smallest absolute Gasteiger partial charge is 0.217 e. The lowest BCUT2D eigenvalue weighted by atomic mass is 9.74. The van der Waals surface area contributed by atoms with Gasteiger partial charge < -0.3 is 0 Å². The standard InChI is InChI=1S/C28H39N2/c1-9-12-13-17-27(7,8)24-18-29-20(5)21(6)30-26(29)25-22(15-14-16-23(24)25)19(4)28(30,10-2)11-3/h14-16,18H,4,9-13,17H2,1-3,5-8H3/q+1. The number of nitrogens with zero attached hydrogens (tertiary/aromatic N) is 2. The Morgan fingerprint density at radius 3 is 2.40 bits per heavy atom. The predicted octanol–water partition coefficient (Wildman–Crippen LogP) is 7.40. The summed E-state index contributed by atoms with van der Waals surface area (Å²) in [5.41, 5.74) is 8.30. The first-order chi connectivity index (χ1) is 14.2. The highest BCUT2D eigenvalue weighted by Gasteiger charge is 2.46. The zero-order valence-corrected chi connectivity index (χ0v) is 20.2. The van der Waals surface area contributed by atoms with E-state index in [1.54, 1.807) is 0 Å². The topological polar surface area (TPSA) is 8.29 Å². The molecule has 1 aromatic carbocycles. The molecule has 0 radical (unpaired) electrons. The number of allylic oxidation sites excluding steroid dienone is 1. The first-order valence-corrected chi connectivity index (χ1v) is 11.9. The van der Waals surface area contributed by atoms with Gasteiger partial charge in [0.05, 0.1) is 5.39 Å². The van der Waals surface area contributed by atoms with Gasteiger partial charge in [0, 0.05) is 25.0 Å². The maximum Gasteiger partial charge on any atom is 0.296 e. The summed E-state index contributed by atoms with van der Waals surface area (Å²) in [7, 11) is 0. The van der Waals surface area contributed by atoms with E-state index >= 15 is 0 Å². The van der Waals surface area contributed by atoms with E-state index in [-0.39, 0.29) is 11.0 Å². The molecule has 1 aliphatic rings. The Morgan fingerprint density at radius 2 is 1.77 bits per heavy atom. The van der Waals surface area contributed by atoms with Crippen LogP contribution in [0.2, 0.25) is 0 Å². The Morgan fingerprint density at radius 1 is 1.07 bits per heavy atom. The summed E-state index contributed by atoms with van der Waals surface area (Å²) in [6.45, 7) is 21.0. The lowest BCUT2D eigenvalue weighted by Crippen LogP contribution is -2.59. The third-order valence-corrected chi connectivity index (χ3v) is 8.12. The number of hydrogen-bond acceptors (Lipinski definition) is 0. The van der Waals surface area contributed by atoms with Crippen LogP contribution in [0.15, 0.2) is 31.0 Å². The van der Waals surface area contributed by atoms with Crippen LogP contribution in [0.1, 0.15) is 95.7 Å². The molecule has 0 N–H and O–H groups in total. The number of aryl methyl sites for hydroxylation is 1. The van der Waals surface area contributed by atoms with E-state index in [0.29, 0.717) is 0 Å². The van der Waals surface area contributed by atoms with Gasteiger partial charge in [-0.3, -0.25) is 0 Å². The molecule has 3 aromatic rings. The Kier molecular flexibility index (Phi) is 5.11. The Bertz CT molecular complexity index is 1140. The van der Waals surface area contributed by atoms with Gasteiger partial charge in [-0.05, 0) is 35.6 Å². The van der Waals surface area contributed by atoms with Crippen LogP contribution in [0.3, 0.4) is 0 Å². The fraction of sp³-hybridized carbons (Fsp3) is 0.536. The van der Waals surface area contributed by atoms with Gasteiger partial charge in [0.1, 0.15) is 23.1 Å². The van der Waals surface area contributed by atoms with Gasteiger partial charge in [-0.25, -0.2) is 4.57 Å². The highest BCUT2D eigenvalue weighted by molar-refractivity contribution is 6.05. The first kappa shape index (κ1) is 21.2. The maximum atomic E-state index is 4.69. The van der Waals surface area contributed by atoms with Crippen LogP contribution < -0.4 is 4.57 Å². The summed E-state index contributed by atoms with van der Waals surface area (Å²) < 4.78 is 5.11. The van der Waals surface area contributed by atoms with Crippen LogP contribution in [0.5, 0.6) is 0 Å². The lowest BCUT2D eigenvalue weighted by Gasteiger charge is -2.36. The zero-order chi connectivity index (χ0) is 21.8. The van der Waals surface area contributed by atoms with Crippen LogP contribution in [0.25, 0.3) is 22.0 Å². The van der Waals surface area contributed by atoms with Crippen LogP contribution in [0, 0.1) is 13.8 Å². The Hall–Kier alpha value is -2.09. The summed E-state index contributed by atoms with van der Waals surface area (Å²) in [6, 6.07) is 6.90. The van der Waals surface area contributed by atoms with Gasteiger partial charge in [-0.15, -0.1) is 0 Å². The van der Waals surface area contributed by atoms with Gasteiger partial charge in [0.25, 0.3) is 5.65 Å². The highest BCUT2D eigenvalue weighted by atomic mass is 15.2. The third-order valence-electron chi connectivity index (χ3n) is 8.12. The van der Waals surface area contributed by atoms with Crippen molar-refractivity contribution in [2.45, 2.75) is 97.9 Å². The van der Waals surface area contributed by atoms with Crippen molar-refractivity contribution in [1.82, 2.24) is 4.40 Å². The molecule has 1 aliphatic heterocycles. The molecule has 2 aromatic heterocycles. The molecular weight excluding hydrogens is 364 g/mol. The second-order valence-electron chi connectivity index (χ2n) is 10.0. The summed E-state index contributed by atoms with van der Waals surface area (Å²) in [5, 5.41) is 2.81. The van der Waals surface area contributed by atoms with Crippen LogP contribution >= 0.6 is 0 Å². The molecule has 0 amide bonds.